The third-order valence-electron chi connectivity index (χ3n) is 5.60. The number of nitrogens with one attached hydrogen (secondary N) is 1. The highest BCUT2D eigenvalue weighted by Gasteiger charge is 2.26. The second kappa shape index (κ2) is 10.3. The Labute approximate surface area is 196 Å². The maximum absolute atomic E-state index is 12.6. The number of nitrogens with zero attached hydrogens (tertiary/aromatic N) is 3. The van der Waals surface area contributed by atoms with Crippen LogP contribution in [-0.4, -0.2) is 41.1 Å². The fourth-order valence-corrected chi connectivity index (χ4v) is 4.19. The Morgan fingerprint density at radius 2 is 1.94 bits per heavy atom. The average Bonchev–Trinajstić information content (AvgIpc) is 3.27. The first kappa shape index (κ1) is 22.6. The number of halogens is 2. The Morgan fingerprint density at radius 3 is 2.62 bits per heavy atom. The fraction of sp³-hybridized carbons (Fsp3) is 0.348. The van der Waals surface area contributed by atoms with E-state index in [9.17, 15) is 4.79 Å². The summed E-state index contributed by atoms with van der Waals surface area (Å²) in [6.07, 6.45) is 1.55. The van der Waals surface area contributed by atoms with Gasteiger partial charge in [-0.3, -0.25) is 9.69 Å². The standard InChI is InChI=1S/C23H24Cl2N4O3/c1-31-19-6-3-15(4-7-19)22-27-21(32-28-22)14-29-10-8-16(9-11-29)23(30)26-13-17-2-5-18(24)12-20(17)25/h2-7,12,16H,8-11,13-14H2,1H3,(H,26,30). The minimum Gasteiger partial charge on any atom is -0.497 e. The van der Waals surface area contributed by atoms with E-state index >= 15 is 0 Å². The number of likely N-dealkylation sites (tertiary alicyclic amines) is 1. The molecule has 1 saturated heterocycles. The molecule has 2 aromatic carbocycles. The van der Waals surface area contributed by atoms with E-state index in [0.717, 1.165) is 42.8 Å². The van der Waals surface area contributed by atoms with Gasteiger partial charge in [0.2, 0.25) is 17.6 Å². The molecule has 4 rings (SSSR count). The molecule has 1 aromatic heterocycles. The SMILES string of the molecule is COc1ccc(-c2noc(CN3CCC(C(=O)NCc4ccc(Cl)cc4Cl)CC3)n2)cc1. The summed E-state index contributed by atoms with van der Waals surface area (Å²) in [5, 5.41) is 8.20. The summed E-state index contributed by atoms with van der Waals surface area (Å²) in [5.74, 6) is 1.93. The van der Waals surface area contributed by atoms with Crippen LogP contribution in [0.3, 0.4) is 0 Å². The molecule has 32 heavy (non-hydrogen) atoms. The molecule has 0 bridgehead atoms. The highest BCUT2D eigenvalue weighted by molar-refractivity contribution is 6.35. The van der Waals surface area contributed by atoms with Crippen LogP contribution in [0.15, 0.2) is 47.0 Å². The molecule has 1 aliphatic rings. The second-order valence-electron chi connectivity index (χ2n) is 7.74. The van der Waals surface area contributed by atoms with E-state index in [1.165, 1.54) is 0 Å². The van der Waals surface area contributed by atoms with Gasteiger partial charge in [0.05, 0.1) is 13.7 Å². The van der Waals surface area contributed by atoms with Crippen molar-refractivity contribution in [2.45, 2.75) is 25.9 Å². The van der Waals surface area contributed by atoms with Crippen LogP contribution in [-0.2, 0) is 17.9 Å². The van der Waals surface area contributed by atoms with Gasteiger partial charge in [0.25, 0.3) is 0 Å². The van der Waals surface area contributed by atoms with Gasteiger partial charge in [-0.25, -0.2) is 0 Å². The van der Waals surface area contributed by atoms with Gasteiger partial charge in [-0.1, -0.05) is 34.4 Å². The summed E-state index contributed by atoms with van der Waals surface area (Å²) in [5.41, 5.74) is 1.72. The maximum Gasteiger partial charge on any atom is 0.241 e. The smallest absolute Gasteiger partial charge is 0.241 e. The zero-order chi connectivity index (χ0) is 22.5. The van der Waals surface area contributed by atoms with Crippen molar-refractivity contribution in [2.75, 3.05) is 20.2 Å². The molecule has 9 heteroatoms. The Balaban J connectivity index is 1.25. The highest BCUT2D eigenvalue weighted by atomic mass is 35.5. The van der Waals surface area contributed by atoms with Gasteiger partial charge in [0.1, 0.15) is 5.75 Å². The molecule has 0 atom stereocenters. The molecule has 0 spiro atoms. The average molecular weight is 475 g/mol. The van der Waals surface area contributed by atoms with E-state index in [0.29, 0.717) is 34.8 Å². The van der Waals surface area contributed by atoms with Gasteiger partial charge in [0.15, 0.2) is 0 Å². The van der Waals surface area contributed by atoms with Crippen LogP contribution in [0.4, 0.5) is 0 Å². The van der Waals surface area contributed by atoms with Crippen molar-refractivity contribution in [1.82, 2.24) is 20.4 Å². The van der Waals surface area contributed by atoms with Crippen molar-refractivity contribution in [3.05, 3.63) is 64.0 Å². The van der Waals surface area contributed by atoms with Crippen LogP contribution in [0.2, 0.25) is 10.0 Å². The summed E-state index contributed by atoms with van der Waals surface area (Å²) in [6, 6.07) is 12.8. The molecule has 0 radical (unpaired) electrons. The second-order valence-corrected chi connectivity index (χ2v) is 8.59. The van der Waals surface area contributed by atoms with Crippen LogP contribution < -0.4 is 10.1 Å². The van der Waals surface area contributed by atoms with Gasteiger partial charge in [-0.15, -0.1) is 0 Å². The number of hydrogen-bond donors (Lipinski definition) is 1. The van der Waals surface area contributed by atoms with Crippen molar-refractivity contribution in [3.63, 3.8) is 0 Å². The van der Waals surface area contributed by atoms with E-state index in [1.54, 1.807) is 19.2 Å². The lowest BCUT2D eigenvalue weighted by Gasteiger charge is -2.30. The third-order valence-corrected chi connectivity index (χ3v) is 6.19. The number of hydrogen-bond acceptors (Lipinski definition) is 6. The number of carbonyl (C=O) groups is 1. The lowest BCUT2D eigenvalue weighted by molar-refractivity contribution is -0.126. The van der Waals surface area contributed by atoms with Gasteiger partial charge in [-0.05, 0) is 67.9 Å². The predicted octanol–water partition coefficient (Wildman–Crippen LogP) is 4.58. The van der Waals surface area contributed by atoms with Crippen molar-refractivity contribution >= 4 is 29.1 Å². The third kappa shape index (κ3) is 5.59. The predicted molar refractivity (Wildman–Crippen MR) is 123 cm³/mol. The van der Waals surface area contributed by atoms with Gasteiger partial charge >= 0.3 is 0 Å². The number of ether oxygens (including phenoxy) is 1. The van der Waals surface area contributed by atoms with E-state index < -0.39 is 0 Å². The largest absolute Gasteiger partial charge is 0.497 e. The van der Waals surface area contributed by atoms with Crippen molar-refractivity contribution in [3.8, 4) is 17.1 Å². The first-order chi connectivity index (χ1) is 15.5. The summed E-state index contributed by atoms with van der Waals surface area (Å²) in [7, 11) is 1.63. The van der Waals surface area contributed by atoms with Crippen LogP contribution >= 0.6 is 23.2 Å². The monoisotopic (exact) mass is 474 g/mol. The minimum atomic E-state index is -0.0186. The number of rotatable bonds is 7. The number of benzene rings is 2. The molecule has 0 aliphatic carbocycles. The van der Waals surface area contributed by atoms with Crippen LogP contribution in [0.25, 0.3) is 11.4 Å². The summed E-state index contributed by atoms with van der Waals surface area (Å²) >= 11 is 12.1. The quantitative estimate of drug-likeness (QED) is 0.539. The lowest BCUT2D eigenvalue weighted by atomic mass is 9.96. The first-order valence-corrected chi connectivity index (χ1v) is 11.2. The minimum absolute atomic E-state index is 0.0186. The van der Waals surface area contributed by atoms with E-state index in [2.05, 4.69) is 20.4 Å². The molecule has 1 aliphatic heterocycles. The molecular formula is C23H24Cl2N4O3. The summed E-state index contributed by atoms with van der Waals surface area (Å²) in [6.45, 7) is 2.54. The number of aromatic nitrogens is 2. The van der Waals surface area contributed by atoms with Crippen molar-refractivity contribution in [1.29, 1.82) is 0 Å². The number of carbonyl (C=O) groups excluding carboxylic acids is 1. The van der Waals surface area contributed by atoms with E-state index in [-0.39, 0.29) is 11.8 Å². The topological polar surface area (TPSA) is 80.5 Å². The fourth-order valence-electron chi connectivity index (χ4n) is 3.71. The molecular weight excluding hydrogens is 451 g/mol. The van der Waals surface area contributed by atoms with Crippen molar-refractivity contribution in [2.24, 2.45) is 5.92 Å². The van der Waals surface area contributed by atoms with Crippen LogP contribution in [0.1, 0.15) is 24.3 Å². The Hall–Kier alpha value is -2.61. The summed E-state index contributed by atoms with van der Waals surface area (Å²) < 4.78 is 10.6. The highest BCUT2D eigenvalue weighted by Crippen LogP contribution is 2.23. The summed E-state index contributed by atoms with van der Waals surface area (Å²) in [4.78, 5) is 19.3. The molecule has 1 fully saturated rings. The van der Waals surface area contributed by atoms with Gasteiger partial charge in [-0.2, -0.15) is 4.98 Å². The Morgan fingerprint density at radius 1 is 1.19 bits per heavy atom. The Bertz CT molecular complexity index is 1060. The molecule has 7 nitrogen and oxygen atoms in total. The van der Waals surface area contributed by atoms with Gasteiger partial charge < -0.3 is 14.6 Å². The molecule has 0 unspecified atom stereocenters. The number of methoxy groups -OCH3 is 1. The lowest BCUT2D eigenvalue weighted by Crippen LogP contribution is -2.40. The molecule has 1 N–H and O–H groups in total. The molecule has 168 valence electrons. The number of amides is 1. The zero-order valence-corrected chi connectivity index (χ0v) is 19.2. The maximum atomic E-state index is 12.6. The van der Waals surface area contributed by atoms with Crippen molar-refractivity contribution < 1.29 is 14.1 Å². The van der Waals surface area contributed by atoms with Gasteiger partial charge in [0, 0.05) is 28.1 Å². The van der Waals surface area contributed by atoms with E-state index in [1.807, 2.05) is 30.3 Å². The zero-order valence-electron chi connectivity index (χ0n) is 17.7. The van der Waals surface area contributed by atoms with Crippen LogP contribution in [0, 0.1) is 5.92 Å². The molecule has 2 heterocycles. The molecule has 0 saturated carbocycles. The molecule has 3 aromatic rings. The van der Waals surface area contributed by atoms with Crippen LogP contribution in [0.5, 0.6) is 5.75 Å². The normalized spacial score (nSPS) is 15.0. The van der Waals surface area contributed by atoms with E-state index in [4.69, 9.17) is 32.5 Å². The number of piperidine rings is 1. The Kier molecular flexibility index (Phi) is 7.29. The first-order valence-electron chi connectivity index (χ1n) is 10.4. The molecule has 1 amide bonds.